The van der Waals surface area contributed by atoms with Crippen LogP contribution in [0.1, 0.15) is 15.9 Å². The Kier molecular flexibility index (Phi) is 6.29. The molecule has 0 heterocycles. The Morgan fingerprint density at radius 1 is 1.26 bits per heavy atom. The van der Waals surface area contributed by atoms with Gasteiger partial charge in [-0.15, -0.1) is 0 Å². The lowest BCUT2D eigenvalue weighted by Crippen LogP contribution is -2.34. The molecule has 1 rings (SSSR count). The van der Waals surface area contributed by atoms with Gasteiger partial charge in [0.1, 0.15) is 11.8 Å². The third-order valence-electron chi connectivity index (χ3n) is 2.42. The summed E-state index contributed by atoms with van der Waals surface area (Å²) in [6.07, 6.45) is 0. The minimum atomic E-state index is -5.84. The van der Waals surface area contributed by atoms with Gasteiger partial charge in [0.05, 0.1) is 32.3 Å². The summed E-state index contributed by atoms with van der Waals surface area (Å²) in [5, 5.41) is 17.7. The number of hydrogen-bond acceptors (Lipinski definition) is 4. The summed E-state index contributed by atoms with van der Waals surface area (Å²) in [6.45, 7) is 0. The first-order chi connectivity index (χ1) is 10.1. The highest BCUT2D eigenvalue weighted by Gasteiger charge is 2.44. The first-order valence-corrected chi connectivity index (χ1v) is 7.18. The van der Waals surface area contributed by atoms with Gasteiger partial charge < -0.3 is 5.11 Å². The van der Waals surface area contributed by atoms with Crippen molar-refractivity contribution in [1.29, 1.82) is 5.26 Å². The average molecular weight is 355 g/mol. The number of nitrogens with zero attached hydrogens (tertiary/aromatic N) is 2. The van der Waals surface area contributed by atoms with Crippen LogP contribution in [0.25, 0.3) is 0 Å². The minimum Gasteiger partial charge on any atom is -0.478 e. The first kappa shape index (κ1) is 20.8. The largest absolute Gasteiger partial charge is 0.522 e. The van der Waals surface area contributed by atoms with Gasteiger partial charge in [-0.05, 0) is 6.07 Å². The van der Waals surface area contributed by atoms with E-state index in [0.29, 0.717) is 4.48 Å². The van der Waals surface area contributed by atoms with Crippen LogP contribution in [-0.2, 0) is 10.1 Å². The van der Waals surface area contributed by atoms with Crippen molar-refractivity contribution in [1.82, 2.24) is 4.48 Å². The number of aromatic carboxylic acids is 1. The fourth-order valence-electron chi connectivity index (χ4n) is 1.22. The van der Waals surface area contributed by atoms with Gasteiger partial charge in [-0.25, -0.2) is 4.79 Å². The minimum absolute atomic E-state index is 0.0584. The molecule has 1 aromatic carbocycles. The number of rotatable bonds is 2. The highest BCUT2D eigenvalue weighted by atomic mass is 32.2. The number of carboxylic acid groups (broad SMARTS) is 1. The van der Waals surface area contributed by atoms with Gasteiger partial charge in [-0.3, -0.25) is 9.04 Å². The van der Waals surface area contributed by atoms with Crippen LogP contribution < -0.4 is 4.48 Å². The zero-order valence-corrected chi connectivity index (χ0v) is 13.1. The smallest absolute Gasteiger partial charge is 0.478 e. The molecule has 0 saturated carbocycles. The van der Waals surface area contributed by atoms with Crippen LogP contribution in [0.15, 0.2) is 18.2 Å². The van der Waals surface area contributed by atoms with Gasteiger partial charge >= 0.3 is 21.6 Å². The van der Waals surface area contributed by atoms with E-state index >= 15 is 0 Å². The Morgan fingerprint density at radius 2 is 1.70 bits per heavy atom. The molecular formula is C12H14F3N2O5S+. The summed E-state index contributed by atoms with van der Waals surface area (Å²) in [6, 6.07) is 6.72. The van der Waals surface area contributed by atoms with E-state index in [1.165, 1.54) is 0 Å². The second-order valence-corrected chi connectivity index (χ2v) is 6.49. The Morgan fingerprint density at radius 3 is 1.96 bits per heavy atom. The fraction of sp³-hybridized carbons (Fsp3) is 0.333. The zero-order chi connectivity index (χ0) is 18.6. The molecule has 0 aromatic heterocycles. The molecule has 128 valence electrons. The molecule has 7 nitrogen and oxygen atoms in total. The van der Waals surface area contributed by atoms with Crippen molar-refractivity contribution >= 4 is 21.8 Å². The molecular weight excluding hydrogens is 341 g/mol. The highest BCUT2D eigenvalue weighted by Crippen LogP contribution is 2.21. The van der Waals surface area contributed by atoms with Crippen molar-refractivity contribution in [3.8, 4) is 6.07 Å². The molecule has 0 aliphatic carbocycles. The molecule has 0 amide bonds. The van der Waals surface area contributed by atoms with Crippen molar-refractivity contribution in [3.63, 3.8) is 0 Å². The maximum Gasteiger partial charge on any atom is 0.522 e. The summed E-state index contributed by atoms with van der Waals surface area (Å²) >= 11 is 0. The number of halogens is 3. The summed E-state index contributed by atoms with van der Waals surface area (Å²) < 4.78 is 58.1. The molecule has 0 atom stereocenters. The molecule has 2 N–H and O–H groups in total. The molecule has 1 aromatic rings. The first-order valence-electron chi connectivity index (χ1n) is 5.74. The molecule has 0 aliphatic heterocycles. The molecule has 0 fully saturated rings. The van der Waals surface area contributed by atoms with Gasteiger partial charge in [-0.2, -0.15) is 26.9 Å². The summed E-state index contributed by atoms with van der Waals surface area (Å²) in [5.41, 5.74) is -4.43. The summed E-state index contributed by atoms with van der Waals surface area (Å²) in [4.78, 5) is 10.9. The molecule has 0 radical (unpaired) electrons. The van der Waals surface area contributed by atoms with Crippen LogP contribution in [0.4, 0.5) is 18.9 Å². The van der Waals surface area contributed by atoms with Crippen LogP contribution in [0.5, 0.6) is 0 Å². The van der Waals surface area contributed by atoms with Crippen LogP contribution in [0.3, 0.4) is 0 Å². The van der Waals surface area contributed by atoms with Crippen LogP contribution in [0, 0.1) is 11.3 Å². The van der Waals surface area contributed by atoms with Crippen molar-refractivity contribution in [2.45, 2.75) is 5.51 Å². The van der Waals surface area contributed by atoms with Gasteiger partial charge in [0.25, 0.3) is 0 Å². The van der Waals surface area contributed by atoms with Gasteiger partial charge in [-0.1, -0.05) is 0 Å². The van der Waals surface area contributed by atoms with E-state index in [4.69, 9.17) is 23.3 Å². The van der Waals surface area contributed by atoms with Gasteiger partial charge in [0.15, 0.2) is 0 Å². The number of hydrogen-bond donors (Lipinski definition) is 2. The van der Waals surface area contributed by atoms with E-state index in [1.54, 1.807) is 18.2 Å². The zero-order valence-electron chi connectivity index (χ0n) is 12.3. The number of nitriles is 1. The lowest BCUT2D eigenvalue weighted by atomic mass is 10.1. The summed E-state index contributed by atoms with van der Waals surface area (Å²) in [7, 11) is -0.0277. The molecule has 0 aliphatic rings. The lowest BCUT2D eigenvalue weighted by Gasteiger charge is -2.23. The van der Waals surface area contributed by atoms with Crippen molar-refractivity contribution < 1.29 is 36.0 Å². The molecule has 11 heteroatoms. The molecule has 0 saturated heterocycles. The van der Waals surface area contributed by atoms with E-state index in [2.05, 4.69) is 0 Å². The standard InChI is InChI=1S/C11H12N2O2.CHF3O3S/c1-13(2,3)9-5-4-8(7-12)10(6-9)11(14)15;2-1(3,4)8(5,6)7/h4-6H,1-3H3;(H,5,6,7)/p+1. The van der Waals surface area contributed by atoms with E-state index < -0.39 is 21.6 Å². The maximum absolute atomic E-state index is 10.9. The van der Waals surface area contributed by atoms with Crippen LogP contribution >= 0.6 is 0 Å². The topological polar surface area (TPSA) is 115 Å². The van der Waals surface area contributed by atoms with Crippen molar-refractivity contribution in [2.24, 2.45) is 0 Å². The Labute approximate surface area is 130 Å². The average Bonchev–Trinajstić information content (AvgIpc) is 2.35. The highest BCUT2D eigenvalue weighted by molar-refractivity contribution is 7.86. The van der Waals surface area contributed by atoms with Gasteiger partial charge in [0, 0.05) is 12.1 Å². The van der Waals surface area contributed by atoms with Crippen LogP contribution in [-0.4, -0.2) is 50.7 Å². The summed E-state index contributed by atoms with van der Waals surface area (Å²) in [5.74, 6) is -1.07. The van der Waals surface area contributed by atoms with Crippen molar-refractivity contribution in [3.05, 3.63) is 29.3 Å². The van der Waals surface area contributed by atoms with E-state index in [9.17, 15) is 18.0 Å². The number of alkyl halides is 3. The normalized spacial score (nSPS) is 11.9. The van der Waals surface area contributed by atoms with Crippen LogP contribution in [0.2, 0.25) is 0 Å². The fourth-order valence-corrected chi connectivity index (χ4v) is 1.22. The predicted molar refractivity (Wildman–Crippen MR) is 75.3 cm³/mol. The Bertz CT molecular complexity index is 731. The van der Waals surface area contributed by atoms with Crippen molar-refractivity contribution in [2.75, 3.05) is 21.1 Å². The predicted octanol–water partition coefficient (Wildman–Crippen LogP) is 1.85. The van der Waals surface area contributed by atoms with Gasteiger partial charge in [0.2, 0.25) is 0 Å². The lowest BCUT2D eigenvalue weighted by molar-refractivity contribution is -0.0510. The van der Waals surface area contributed by atoms with E-state index in [0.717, 1.165) is 5.69 Å². The second-order valence-electron chi connectivity index (χ2n) is 5.08. The SMILES string of the molecule is C[N+](C)(C)c1ccc(C#N)c(C(=O)O)c1.O=S(=O)(O)C(F)(F)F. The third-order valence-corrected chi connectivity index (χ3v) is 3.01. The number of quaternary nitrogens is 1. The Balaban J connectivity index is 0.000000515. The number of carboxylic acids is 1. The van der Waals surface area contributed by atoms with E-state index in [-0.39, 0.29) is 11.1 Å². The van der Waals surface area contributed by atoms with E-state index in [1.807, 2.05) is 27.2 Å². The number of benzene rings is 1. The third kappa shape index (κ3) is 6.23. The molecule has 0 bridgehead atoms. The molecule has 0 spiro atoms. The molecule has 0 unspecified atom stereocenters. The number of carbonyl (C=O) groups is 1. The second kappa shape index (κ2) is 6.95. The molecule has 23 heavy (non-hydrogen) atoms. The quantitative estimate of drug-likeness (QED) is 0.475. The monoisotopic (exact) mass is 355 g/mol. The maximum atomic E-state index is 10.9. The Hall–Kier alpha value is -2.16.